The fourth-order valence-corrected chi connectivity index (χ4v) is 11.0. The first kappa shape index (κ1) is 45.1. The number of aromatic nitrogens is 4. The maximum Gasteiger partial charge on any atom is 0.329 e. The number of amides is 3. The van der Waals surface area contributed by atoms with Crippen LogP contribution in [0.3, 0.4) is 0 Å². The topological polar surface area (TPSA) is 217 Å². The van der Waals surface area contributed by atoms with Gasteiger partial charge in [-0.2, -0.15) is 23.1 Å². The number of carbonyl (C=O) groups is 2. The number of nitrogens with one attached hydrogen (secondary N) is 2. The van der Waals surface area contributed by atoms with Crippen molar-refractivity contribution in [2.75, 3.05) is 49.5 Å². The second kappa shape index (κ2) is 17.6. The number of aliphatic hydroxyl groups excluding tert-OH is 1. The number of aliphatic hydroxyl groups is 1. The summed E-state index contributed by atoms with van der Waals surface area (Å²) in [6.45, 7) is 4.17. The summed E-state index contributed by atoms with van der Waals surface area (Å²) in [6.07, 6.45) is 4.92. The molecule has 21 heteroatoms. The molecule has 0 radical (unpaired) electrons. The van der Waals surface area contributed by atoms with E-state index in [1.807, 2.05) is 6.07 Å². The van der Waals surface area contributed by atoms with E-state index in [-0.39, 0.29) is 82.7 Å². The number of anilines is 2. The van der Waals surface area contributed by atoms with E-state index in [1.165, 1.54) is 41.0 Å². The first-order valence-corrected chi connectivity index (χ1v) is 23.5. The molecule has 1 spiro atoms. The predicted molar refractivity (Wildman–Crippen MR) is 238 cm³/mol. The van der Waals surface area contributed by atoms with E-state index in [2.05, 4.69) is 25.0 Å². The highest BCUT2D eigenvalue weighted by atomic mass is 32.2. The number of urea groups is 1. The van der Waals surface area contributed by atoms with Crippen LogP contribution in [0.5, 0.6) is 11.5 Å². The molecule has 3 amide bonds. The van der Waals surface area contributed by atoms with Crippen LogP contribution in [0.4, 0.5) is 25.1 Å². The minimum Gasteiger partial charge on any atom is -0.453 e. The molecule has 0 bridgehead atoms. The number of aryl methyl sites for hydroxylation is 1. The quantitative estimate of drug-likeness (QED) is 0.162. The monoisotopic (exact) mass is 928 g/mol. The van der Waals surface area contributed by atoms with Crippen LogP contribution in [-0.4, -0.2) is 112 Å². The molecule has 4 aliphatic rings. The number of ether oxygens (including phenoxy) is 2. The Morgan fingerprint density at radius 2 is 1.86 bits per heavy atom. The summed E-state index contributed by atoms with van der Waals surface area (Å²) in [7, 11) is -0.945. The summed E-state index contributed by atoms with van der Waals surface area (Å²) in [5.41, 5.74) is 0.287. The van der Waals surface area contributed by atoms with Crippen molar-refractivity contribution < 1.29 is 41.4 Å². The molecule has 3 N–H and O–H groups in total. The predicted octanol–water partition coefficient (Wildman–Crippen LogP) is 4.85. The number of hydrogen-bond acceptors (Lipinski definition) is 12. The Labute approximate surface area is 378 Å². The van der Waals surface area contributed by atoms with E-state index in [1.54, 1.807) is 30.8 Å². The van der Waals surface area contributed by atoms with Gasteiger partial charge in [-0.1, -0.05) is 6.92 Å². The van der Waals surface area contributed by atoms with E-state index >= 15 is 8.78 Å². The van der Waals surface area contributed by atoms with Crippen LogP contribution in [0.15, 0.2) is 53.6 Å². The maximum atomic E-state index is 15.8. The van der Waals surface area contributed by atoms with Crippen LogP contribution in [0.2, 0.25) is 0 Å². The number of fused-ring (bicyclic) bond motifs is 2. The van der Waals surface area contributed by atoms with Gasteiger partial charge in [-0.05, 0) is 92.5 Å². The number of carbonyl (C=O) groups excluding carboxylic acids is 2. The average Bonchev–Trinajstić information content (AvgIpc) is 3.83. The van der Waals surface area contributed by atoms with Gasteiger partial charge in [0.2, 0.25) is 5.91 Å². The Balaban J connectivity index is 0.820. The second-order valence-corrected chi connectivity index (χ2v) is 19.5. The lowest BCUT2D eigenvalue weighted by molar-refractivity contribution is -0.120. The van der Waals surface area contributed by atoms with Gasteiger partial charge in [0.25, 0.3) is 5.56 Å². The summed E-state index contributed by atoms with van der Waals surface area (Å²) in [5.74, 6) is -2.05. The van der Waals surface area contributed by atoms with Crippen molar-refractivity contribution in [3.8, 4) is 17.6 Å². The molecule has 4 atom stereocenters. The molecule has 1 saturated carbocycles. The SMILES string of the molecule is CCN(C)S(=O)(=O)Nc1ccc(F)c(Oc2ccc3ncn(C[C@H]4COC5(CCN(C6CCC(c7cc8c(cc7F)c(N7CCC(=O)NC7=O)nn8C)C[C@@H]6O)CC5)C4)c(=O)c3c2)c1C#N. The van der Waals surface area contributed by atoms with Crippen molar-refractivity contribution in [1.82, 2.24) is 33.9 Å². The number of hydrogen-bond donors (Lipinski definition) is 3. The number of imide groups is 1. The summed E-state index contributed by atoms with van der Waals surface area (Å²) >= 11 is 0. The number of nitriles is 1. The zero-order valence-electron chi connectivity index (χ0n) is 36.7. The first-order valence-electron chi connectivity index (χ1n) is 22.0. The normalized spacial score (nSPS) is 22.6. The minimum atomic E-state index is -4.03. The largest absolute Gasteiger partial charge is 0.453 e. The Kier molecular flexibility index (Phi) is 12.1. The van der Waals surface area contributed by atoms with E-state index in [4.69, 9.17) is 9.47 Å². The summed E-state index contributed by atoms with van der Waals surface area (Å²) in [4.78, 5) is 46.2. The van der Waals surface area contributed by atoms with Crippen molar-refractivity contribution in [3.63, 3.8) is 0 Å². The molecule has 2 unspecified atom stereocenters. The third kappa shape index (κ3) is 8.47. The molecule has 3 aliphatic heterocycles. The first-order chi connectivity index (χ1) is 31.6. The average molecular weight is 929 g/mol. The summed E-state index contributed by atoms with van der Waals surface area (Å²) in [6, 6.07) is 10.9. The molecule has 5 aromatic rings. The number of rotatable bonds is 11. The minimum absolute atomic E-state index is 0.0171. The molecule has 348 valence electrons. The fraction of sp³-hybridized carbons (Fsp3) is 0.467. The molecule has 3 aromatic carbocycles. The van der Waals surface area contributed by atoms with Gasteiger partial charge in [-0.3, -0.25) is 38.7 Å². The molecule has 4 fully saturated rings. The van der Waals surface area contributed by atoms with Crippen LogP contribution in [-0.2, 0) is 33.3 Å². The molecule has 3 saturated heterocycles. The van der Waals surface area contributed by atoms with Crippen LogP contribution in [0.1, 0.15) is 68.9 Å². The lowest BCUT2D eigenvalue weighted by Gasteiger charge is -2.46. The standard InChI is InChI=1S/C45H50F2N10O8S/c1-4-53(2)66(62,63)52-36-9-7-33(46)41(32(36)22-48)65-28-6-8-35-30(18-28)43(60)56(25-49-35)23-26-21-45(64-24-26)12-15-55(16-13-45)37-10-5-27(17-39(37)58)29-20-38-31(19-34(29)47)42(51-54(38)3)57-14-11-40(59)50-44(57)61/h6-9,18-20,25-27,37,39,52,58H,4-5,10-17,21,23-24H2,1-3H3,(H,50,59,61)/t26-,27?,37?,39-/m0/s1. The Hall–Kier alpha value is -6.05. The van der Waals surface area contributed by atoms with Crippen molar-refractivity contribution in [2.45, 2.75) is 82.1 Å². The van der Waals surface area contributed by atoms with Gasteiger partial charge in [0.05, 0.1) is 46.7 Å². The number of likely N-dealkylation sites (tertiary alicyclic amines) is 1. The number of nitrogens with zero attached hydrogens (tertiary/aromatic N) is 8. The van der Waals surface area contributed by atoms with Gasteiger partial charge in [0.1, 0.15) is 23.2 Å². The van der Waals surface area contributed by atoms with Crippen molar-refractivity contribution in [3.05, 3.63) is 81.9 Å². The van der Waals surface area contributed by atoms with Crippen molar-refractivity contribution in [2.24, 2.45) is 13.0 Å². The highest BCUT2D eigenvalue weighted by molar-refractivity contribution is 7.90. The molecule has 2 aromatic heterocycles. The zero-order chi connectivity index (χ0) is 46.7. The van der Waals surface area contributed by atoms with E-state index in [0.29, 0.717) is 67.5 Å². The van der Waals surface area contributed by atoms with Crippen LogP contribution in [0.25, 0.3) is 21.8 Å². The van der Waals surface area contributed by atoms with Crippen molar-refractivity contribution >= 4 is 55.5 Å². The second-order valence-electron chi connectivity index (χ2n) is 17.8. The van der Waals surface area contributed by atoms with Crippen LogP contribution >= 0.6 is 0 Å². The number of halogens is 2. The van der Waals surface area contributed by atoms with Gasteiger partial charge in [0.15, 0.2) is 17.4 Å². The molecule has 9 rings (SSSR count). The molecule has 5 heterocycles. The van der Waals surface area contributed by atoms with Gasteiger partial charge in [-0.25, -0.2) is 18.6 Å². The smallest absolute Gasteiger partial charge is 0.329 e. The van der Waals surface area contributed by atoms with Crippen molar-refractivity contribution in [1.29, 1.82) is 5.26 Å². The molecular weight excluding hydrogens is 879 g/mol. The van der Waals surface area contributed by atoms with Gasteiger partial charge in [0, 0.05) is 70.6 Å². The zero-order valence-corrected chi connectivity index (χ0v) is 37.5. The number of benzene rings is 3. The fourth-order valence-electron chi connectivity index (χ4n) is 10.0. The summed E-state index contributed by atoms with van der Waals surface area (Å²) < 4.78 is 75.1. The summed E-state index contributed by atoms with van der Waals surface area (Å²) in [5, 5.41) is 28.9. The molecular formula is C45H50F2N10O8S. The lowest BCUT2D eigenvalue weighted by atomic mass is 9.77. The van der Waals surface area contributed by atoms with E-state index in [9.17, 15) is 33.2 Å². The van der Waals surface area contributed by atoms with Gasteiger partial charge >= 0.3 is 16.2 Å². The van der Waals surface area contributed by atoms with E-state index in [0.717, 1.165) is 35.7 Å². The van der Waals surface area contributed by atoms with Gasteiger partial charge < -0.3 is 14.6 Å². The highest BCUT2D eigenvalue weighted by Gasteiger charge is 2.45. The third-order valence-corrected chi connectivity index (χ3v) is 15.3. The molecule has 1 aliphatic carbocycles. The lowest BCUT2D eigenvalue weighted by Crippen LogP contribution is -2.53. The maximum absolute atomic E-state index is 15.8. The molecule has 18 nitrogen and oxygen atoms in total. The Morgan fingerprint density at radius 1 is 1.08 bits per heavy atom. The van der Waals surface area contributed by atoms with Crippen LogP contribution in [0, 0.1) is 28.9 Å². The molecule has 66 heavy (non-hydrogen) atoms. The van der Waals surface area contributed by atoms with E-state index < -0.39 is 39.7 Å². The Bertz CT molecular complexity index is 2970. The van der Waals surface area contributed by atoms with Gasteiger partial charge in [-0.15, -0.1) is 0 Å². The number of piperidine rings is 1. The van der Waals surface area contributed by atoms with Crippen LogP contribution < -0.4 is 25.2 Å². The Morgan fingerprint density at radius 3 is 2.59 bits per heavy atom. The highest BCUT2D eigenvalue weighted by Crippen LogP contribution is 2.43. The third-order valence-electron chi connectivity index (χ3n) is 13.7.